The molecule has 0 spiro atoms. The normalized spacial score (nSPS) is 11.3. The molecule has 4 aromatic rings. The number of thioether (sulfide) groups is 1. The molecule has 0 radical (unpaired) electrons. The number of hydrogen-bond donors (Lipinski definition) is 3. The first-order valence-electron chi connectivity index (χ1n) is 13.6. The van der Waals surface area contributed by atoms with Crippen LogP contribution in [0.25, 0.3) is 21.7 Å². The first-order valence-corrected chi connectivity index (χ1v) is 15.9. The van der Waals surface area contributed by atoms with Gasteiger partial charge < -0.3 is 25.6 Å². The van der Waals surface area contributed by atoms with E-state index in [9.17, 15) is 28.5 Å². The molecule has 0 aliphatic carbocycles. The predicted octanol–water partition coefficient (Wildman–Crippen LogP) is 6.51. The van der Waals surface area contributed by atoms with E-state index in [1.807, 2.05) is 29.6 Å². The van der Waals surface area contributed by atoms with Gasteiger partial charge in [-0.3, -0.25) is 4.79 Å². The van der Waals surface area contributed by atoms with Crippen LogP contribution in [0.1, 0.15) is 23.7 Å². The highest BCUT2D eigenvalue weighted by atomic mass is 35.5. The SMILES string of the molecule is CNc1nc(SCc2csc(-c3ccc(Cl)cc3)n2)c(C#N)c(-c2ccc(OCCOC(=O)[C@H](C)N)cc2)c1C#N.O=C(O)C(F)(F)F. The molecule has 1 atom stereocenters. The molecule has 48 heavy (non-hydrogen) atoms. The average molecular weight is 719 g/mol. The van der Waals surface area contributed by atoms with E-state index in [1.165, 1.54) is 23.1 Å². The Labute approximate surface area is 286 Å². The van der Waals surface area contributed by atoms with E-state index in [4.69, 9.17) is 41.7 Å². The Morgan fingerprint density at radius 2 is 1.67 bits per heavy atom. The Morgan fingerprint density at radius 3 is 2.21 bits per heavy atom. The van der Waals surface area contributed by atoms with E-state index in [0.717, 1.165) is 16.3 Å². The lowest BCUT2D eigenvalue weighted by molar-refractivity contribution is -0.192. The minimum Gasteiger partial charge on any atom is -0.490 e. The van der Waals surface area contributed by atoms with Gasteiger partial charge in [0, 0.05) is 34.3 Å². The predicted molar refractivity (Wildman–Crippen MR) is 175 cm³/mol. The fourth-order valence-electron chi connectivity index (χ4n) is 3.74. The van der Waals surface area contributed by atoms with Gasteiger partial charge in [0.1, 0.15) is 58.6 Å². The Balaban J connectivity index is 0.000000804. The topological polar surface area (TPSA) is 184 Å². The highest BCUT2D eigenvalue weighted by Gasteiger charge is 2.38. The number of carboxylic acid groups (broad SMARTS) is 1. The van der Waals surface area contributed by atoms with Crippen molar-refractivity contribution >= 4 is 52.5 Å². The number of alkyl halides is 3. The number of esters is 1. The van der Waals surface area contributed by atoms with Crippen LogP contribution in [0, 0.1) is 22.7 Å². The van der Waals surface area contributed by atoms with Crippen LogP contribution in [0.4, 0.5) is 19.0 Å². The van der Waals surface area contributed by atoms with Crippen molar-refractivity contribution in [2.75, 3.05) is 25.6 Å². The second kappa shape index (κ2) is 17.3. The summed E-state index contributed by atoms with van der Waals surface area (Å²) in [6, 6.07) is 18.2. The third-order valence-electron chi connectivity index (χ3n) is 5.98. The summed E-state index contributed by atoms with van der Waals surface area (Å²) in [6.45, 7) is 1.77. The van der Waals surface area contributed by atoms with Crippen molar-refractivity contribution in [3.05, 3.63) is 75.8 Å². The van der Waals surface area contributed by atoms with E-state index in [2.05, 4.69) is 22.4 Å². The van der Waals surface area contributed by atoms with Crippen molar-refractivity contribution in [1.29, 1.82) is 10.5 Å². The number of aliphatic carboxylic acids is 1. The summed E-state index contributed by atoms with van der Waals surface area (Å²) < 4.78 is 42.4. The lowest BCUT2D eigenvalue weighted by Gasteiger charge is -2.15. The molecule has 17 heteroatoms. The van der Waals surface area contributed by atoms with Gasteiger partial charge in [-0.1, -0.05) is 47.6 Å². The van der Waals surface area contributed by atoms with Gasteiger partial charge in [0.2, 0.25) is 0 Å². The zero-order chi connectivity index (χ0) is 35.4. The monoisotopic (exact) mass is 718 g/mol. The molecule has 2 heterocycles. The molecule has 0 aliphatic heterocycles. The second-order valence-corrected chi connectivity index (χ2v) is 11.7. The molecule has 2 aromatic carbocycles. The summed E-state index contributed by atoms with van der Waals surface area (Å²) >= 11 is 8.91. The number of benzene rings is 2. The molecule has 4 N–H and O–H groups in total. The summed E-state index contributed by atoms with van der Waals surface area (Å²) in [5.74, 6) is -1.85. The fourth-order valence-corrected chi connectivity index (χ4v) is 5.68. The molecule has 0 bridgehead atoms. The maximum Gasteiger partial charge on any atom is 0.490 e. The third-order valence-corrected chi connectivity index (χ3v) is 8.18. The number of anilines is 1. The quantitative estimate of drug-likeness (QED) is 0.0870. The first kappa shape index (κ1) is 37.6. The number of nitrogens with two attached hydrogens (primary N) is 1. The highest BCUT2D eigenvalue weighted by molar-refractivity contribution is 7.98. The number of halogens is 4. The highest BCUT2D eigenvalue weighted by Crippen LogP contribution is 2.38. The summed E-state index contributed by atoms with van der Waals surface area (Å²) in [4.78, 5) is 29.7. The van der Waals surface area contributed by atoms with Crippen LogP contribution < -0.4 is 15.8 Å². The summed E-state index contributed by atoms with van der Waals surface area (Å²) in [5, 5.41) is 34.3. The number of hydrogen-bond acceptors (Lipinski definition) is 12. The van der Waals surface area contributed by atoms with Crippen LogP contribution in [0.15, 0.2) is 58.9 Å². The summed E-state index contributed by atoms with van der Waals surface area (Å²) in [5.41, 5.74) is 9.01. The molecule has 0 saturated carbocycles. The van der Waals surface area contributed by atoms with Gasteiger partial charge in [0.25, 0.3) is 0 Å². The minimum atomic E-state index is -5.08. The van der Waals surface area contributed by atoms with Crippen molar-refractivity contribution in [1.82, 2.24) is 9.97 Å². The number of aromatic nitrogens is 2. The fraction of sp³-hybridized carbons (Fsp3) is 0.226. The molecule has 0 fully saturated rings. The van der Waals surface area contributed by atoms with Crippen molar-refractivity contribution < 1.29 is 37.3 Å². The molecular weight excluding hydrogens is 693 g/mol. The van der Waals surface area contributed by atoms with E-state index in [-0.39, 0.29) is 18.8 Å². The van der Waals surface area contributed by atoms with Crippen LogP contribution >= 0.6 is 34.7 Å². The van der Waals surface area contributed by atoms with Crippen LogP contribution in [-0.2, 0) is 20.1 Å². The van der Waals surface area contributed by atoms with E-state index in [1.54, 1.807) is 38.2 Å². The maximum atomic E-state index is 11.5. The molecule has 4 rings (SSSR count). The van der Waals surface area contributed by atoms with Crippen LogP contribution in [0.3, 0.4) is 0 Å². The average Bonchev–Trinajstić information content (AvgIpc) is 3.54. The van der Waals surface area contributed by atoms with Gasteiger partial charge in [-0.05, 0) is 36.8 Å². The van der Waals surface area contributed by atoms with Gasteiger partial charge in [-0.2, -0.15) is 23.7 Å². The van der Waals surface area contributed by atoms with Crippen LogP contribution in [0.2, 0.25) is 5.02 Å². The minimum absolute atomic E-state index is 0.0654. The summed E-state index contributed by atoms with van der Waals surface area (Å²) in [6.07, 6.45) is -5.08. The molecule has 250 valence electrons. The van der Waals surface area contributed by atoms with Gasteiger partial charge >= 0.3 is 18.1 Å². The van der Waals surface area contributed by atoms with Gasteiger partial charge in [0.05, 0.1) is 11.3 Å². The van der Waals surface area contributed by atoms with Crippen molar-refractivity contribution in [3.63, 3.8) is 0 Å². The maximum absolute atomic E-state index is 11.5. The zero-order valence-electron chi connectivity index (χ0n) is 25.2. The third kappa shape index (κ3) is 10.3. The largest absolute Gasteiger partial charge is 0.490 e. The molecule has 0 unspecified atom stereocenters. The number of ether oxygens (including phenoxy) is 2. The number of nitriles is 2. The smallest absolute Gasteiger partial charge is 0.490 e. The number of nitrogens with one attached hydrogen (secondary N) is 1. The molecule has 2 aromatic heterocycles. The van der Waals surface area contributed by atoms with E-state index in [0.29, 0.717) is 44.1 Å². The van der Waals surface area contributed by atoms with Crippen LogP contribution in [0.5, 0.6) is 5.75 Å². The molecule has 0 amide bonds. The van der Waals surface area contributed by atoms with E-state index < -0.39 is 24.2 Å². The van der Waals surface area contributed by atoms with Gasteiger partial charge in [0.15, 0.2) is 0 Å². The van der Waals surface area contributed by atoms with Crippen LogP contribution in [-0.4, -0.2) is 59.5 Å². The first-order chi connectivity index (χ1) is 22.8. The lowest BCUT2D eigenvalue weighted by atomic mass is 9.96. The lowest BCUT2D eigenvalue weighted by Crippen LogP contribution is -2.29. The number of carboxylic acids is 1. The van der Waals surface area contributed by atoms with Crippen molar-refractivity contribution in [2.24, 2.45) is 5.73 Å². The van der Waals surface area contributed by atoms with E-state index >= 15 is 0 Å². The van der Waals surface area contributed by atoms with Crippen molar-refractivity contribution in [2.45, 2.75) is 29.9 Å². The number of rotatable bonds is 11. The Hall–Kier alpha value is -4.87. The Bertz CT molecular complexity index is 1820. The number of nitrogens with zero attached hydrogens (tertiary/aromatic N) is 4. The molecule has 11 nitrogen and oxygen atoms in total. The molecule has 0 aliphatic rings. The second-order valence-electron chi connectivity index (χ2n) is 9.44. The van der Waals surface area contributed by atoms with Crippen molar-refractivity contribution in [3.8, 4) is 39.6 Å². The number of carbonyl (C=O) groups is 2. The molecular formula is C31H26ClF3N6O5S2. The number of carbonyl (C=O) groups excluding carboxylic acids is 1. The molecule has 0 saturated heterocycles. The van der Waals surface area contributed by atoms with Gasteiger partial charge in [-0.25, -0.2) is 14.8 Å². The number of pyridine rings is 1. The summed E-state index contributed by atoms with van der Waals surface area (Å²) in [7, 11) is 1.68. The van der Waals surface area contributed by atoms with Gasteiger partial charge in [-0.15, -0.1) is 11.3 Å². The Kier molecular flexibility index (Phi) is 13.6. The standard InChI is InChI=1S/C29H25ClN6O3S2.C2HF3O2/c1-17(33)29(37)39-12-11-38-22-9-5-18(6-10-22)25-23(13-31)26(34-2)36-28(24(25)14-32)41-16-21-15-40-27(35-21)19-3-7-20(30)8-4-19;3-2(4,5)1(6)7/h3-10,15,17H,11-12,16,33H2,1-2H3,(H,34,36);(H,6,7)/t17-;/m0./s1. The Morgan fingerprint density at radius 1 is 1.06 bits per heavy atom. The number of thiazole rings is 1. The zero-order valence-corrected chi connectivity index (χ0v) is 27.6.